The van der Waals surface area contributed by atoms with Crippen LogP contribution in [-0.2, 0) is 0 Å². The van der Waals surface area contributed by atoms with Crippen molar-refractivity contribution in [1.29, 1.82) is 0 Å². The molecule has 2 amide bonds. The Bertz CT molecular complexity index is 706. The fourth-order valence-electron chi connectivity index (χ4n) is 2.36. The summed E-state index contributed by atoms with van der Waals surface area (Å²) in [6.45, 7) is 6.53. The quantitative estimate of drug-likeness (QED) is 0.889. The van der Waals surface area contributed by atoms with Gasteiger partial charge in [0.1, 0.15) is 0 Å². The number of fused-ring (bicyclic) bond motifs is 1. The van der Waals surface area contributed by atoms with E-state index in [0.717, 1.165) is 12.8 Å². The van der Waals surface area contributed by atoms with E-state index in [0.29, 0.717) is 17.8 Å². The zero-order valence-corrected chi connectivity index (χ0v) is 14.2. The maximum Gasteiger partial charge on any atom is 0.287 e. The second kappa shape index (κ2) is 7.26. The molecule has 0 radical (unpaired) electrons. The number of nitrogens with one attached hydrogen (secondary N) is 1. The topological polar surface area (TPSA) is 66.7 Å². The van der Waals surface area contributed by atoms with Crippen LogP contribution in [-0.4, -0.2) is 45.7 Å². The van der Waals surface area contributed by atoms with Gasteiger partial charge in [0.25, 0.3) is 11.8 Å². The van der Waals surface area contributed by atoms with Gasteiger partial charge in [0.2, 0.25) is 5.82 Å². The predicted molar refractivity (Wildman–Crippen MR) is 89.7 cm³/mol. The van der Waals surface area contributed by atoms with Crippen molar-refractivity contribution < 1.29 is 9.59 Å². The maximum absolute atomic E-state index is 12.6. The number of hydrogen-bond donors (Lipinski definition) is 1. The number of imidazole rings is 1. The number of hydrogen-bond acceptors (Lipinski definition) is 3. The van der Waals surface area contributed by atoms with Gasteiger partial charge in [0, 0.05) is 25.8 Å². The van der Waals surface area contributed by atoms with Gasteiger partial charge in [-0.25, -0.2) is 4.98 Å². The first-order chi connectivity index (χ1) is 11.0. The number of amides is 2. The van der Waals surface area contributed by atoms with Gasteiger partial charge < -0.3 is 10.2 Å². The normalized spacial score (nSPS) is 11.0. The van der Waals surface area contributed by atoms with Crippen LogP contribution < -0.4 is 5.32 Å². The van der Waals surface area contributed by atoms with Crippen LogP contribution >= 0.6 is 0 Å². The first-order valence-electron chi connectivity index (χ1n) is 7.99. The Hall–Kier alpha value is -2.37. The Morgan fingerprint density at radius 2 is 2.09 bits per heavy atom. The van der Waals surface area contributed by atoms with Crippen molar-refractivity contribution in [3.05, 3.63) is 35.9 Å². The van der Waals surface area contributed by atoms with Crippen LogP contribution in [0.25, 0.3) is 5.52 Å². The molecule has 6 heteroatoms. The van der Waals surface area contributed by atoms with Gasteiger partial charge in [-0.1, -0.05) is 19.4 Å². The molecule has 23 heavy (non-hydrogen) atoms. The molecule has 0 bridgehead atoms. The minimum absolute atomic E-state index is 0.00458. The lowest BCUT2D eigenvalue weighted by atomic mass is 10.2. The number of aromatic nitrogens is 2. The second-order valence-corrected chi connectivity index (χ2v) is 5.95. The van der Waals surface area contributed by atoms with Crippen LogP contribution in [0.15, 0.2) is 24.4 Å². The lowest BCUT2D eigenvalue weighted by molar-refractivity contribution is 0.0790. The number of rotatable bonds is 6. The summed E-state index contributed by atoms with van der Waals surface area (Å²) in [6, 6.07) is 5.46. The summed E-state index contributed by atoms with van der Waals surface area (Å²) < 4.78 is 1.67. The summed E-state index contributed by atoms with van der Waals surface area (Å²) >= 11 is 0. The molecule has 6 nitrogen and oxygen atoms in total. The summed E-state index contributed by atoms with van der Waals surface area (Å²) in [4.78, 5) is 31.0. The summed E-state index contributed by atoms with van der Waals surface area (Å²) in [5.41, 5.74) is 0.966. The van der Waals surface area contributed by atoms with Gasteiger partial charge >= 0.3 is 0 Å². The molecule has 0 aliphatic heterocycles. The third kappa shape index (κ3) is 3.70. The molecular formula is C17H24N4O2. The van der Waals surface area contributed by atoms with E-state index in [9.17, 15) is 9.59 Å². The Morgan fingerprint density at radius 1 is 1.35 bits per heavy atom. The molecule has 0 aromatic carbocycles. The van der Waals surface area contributed by atoms with Gasteiger partial charge in [0.15, 0.2) is 5.69 Å². The number of nitrogens with zero attached hydrogens (tertiary/aromatic N) is 3. The SMILES string of the molecule is CCCCN(C)C(=O)c1nc(C(=O)NC(C)C)n2ccccc12. The first-order valence-corrected chi connectivity index (χ1v) is 7.99. The van der Waals surface area contributed by atoms with Gasteiger partial charge in [0.05, 0.1) is 5.52 Å². The fraction of sp³-hybridized carbons (Fsp3) is 0.471. The fourth-order valence-corrected chi connectivity index (χ4v) is 2.36. The van der Waals surface area contributed by atoms with Crippen LogP contribution in [0.5, 0.6) is 0 Å². The molecule has 0 spiro atoms. The van der Waals surface area contributed by atoms with Crippen LogP contribution in [0, 0.1) is 0 Å². The molecule has 0 unspecified atom stereocenters. The van der Waals surface area contributed by atoms with E-state index in [4.69, 9.17) is 0 Å². The highest BCUT2D eigenvalue weighted by Gasteiger charge is 2.23. The Morgan fingerprint density at radius 3 is 2.74 bits per heavy atom. The smallest absolute Gasteiger partial charge is 0.287 e. The van der Waals surface area contributed by atoms with Crippen LogP contribution in [0.3, 0.4) is 0 Å². The van der Waals surface area contributed by atoms with Crippen molar-refractivity contribution in [3.8, 4) is 0 Å². The molecule has 0 saturated carbocycles. The minimum atomic E-state index is -0.281. The van der Waals surface area contributed by atoms with E-state index >= 15 is 0 Å². The van der Waals surface area contributed by atoms with Gasteiger partial charge in [-0.2, -0.15) is 0 Å². The highest BCUT2D eigenvalue weighted by atomic mass is 16.2. The van der Waals surface area contributed by atoms with Crippen molar-refractivity contribution in [2.75, 3.05) is 13.6 Å². The molecule has 2 aromatic rings. The average molecular weight is 316 g/mol. The third-order valence-corrected chi connectivity index (χ3v) is 3.57. The maximum atomic E-state index is 12.6. The Labute approximate surface area is 136 Å². The average Bonchev–Trinajstić information content (AvgIpc) is 2.91. The number of pyridine rings is 1. The van der Waals surface area contributed by atoms with Crippen molar-refractivity contribution >= 4 is 17.3 Å². The molecule has 124 valence electrons. The van der Waals surface area contributed by atoms with Crippen molar-refractivity contribution in [2.45, 2.75) is 39.7 Å². The molecule has 2 heterocycles. The minimum Gasteiger partial charge on any atom is -0.347 e. The first kappa shape index (κ1) is 17.0. The van der Waals surface area contributed by atoms with Gasteiger partial charge in [-0.3, -0.25) is 14.0 Å². The molecule has 2 rings (SSSR count). The standard InChI is InChI=1S/C17H24N4O2/c1-5-6-10-20(4)17(23)14-13-9-7-8-11-21(13)15(19-14)16(22)18-12(2)3/h7-9,11-12H,5-6,10H2,1-4H3,(H,18,22). The monoisotopic (exact) mass is 316 g/mol. The lowest BCUT2D eigenvalue weighted by Crippen LogP contribution is -2.32. The lowest BCUT2D eigenvalue weighted by Gasteiger charge is -2.15. The summed E-state index contributed by atoms with van der Waals surface area (Å²) in [5.74, 6) is -0.205. The summed E-state index contributed by atoms with van der Waals surface area (Å²) in [6.07, 6.45) is 3.71. The zero-order chi connectivity index (χ0) is 17.0. The largest absolute Gasteiger partial charge is 0.347 e. The highest BCUT2D eigenvalue weighted by molar-refractivity contribution is 6.02. The third-order valence-electron chi connectivity index (χ3n) is 3.57. The Kier molecular flexibility index (Phi) is 5.36. The molecule has 2 aromatic heterocycles. The van der Waals surface area contributed by atoms with E-state index < -0.39 is 0 Å². The van der Waals surface area contributed by atoms with E-state index in [1.165, 1.54) is 0 Å². The molecule has 0 saturated heterocycles. The van der Waals surface area contributed by atoms with Gasteiger partial charge in [-0.15, -0.1) is 0 Å². The van der Waals surface area contributed by atoms with Crippen LogP contribution in [0.4, 0.5) is 0 Å². The molecule has 0 fully saturated rings. The van der Waals surface area contributed by atoms with Crippen molar-refractivity contribution in [1.82, 2.24) is 19.6 Å². The Balaban J connectivity index is 2.41. The van der Waals surface area contributed by atoms with E-state index in [2.05, 4.69) is 17.2 Å². The summed E-state index contributed by atoms with van der Waals surface area (Å²) in [5, 5.41) is 2.82. The van der Waals surface area contributed by atoms with Gasteiger partial charge in [-0.05, 0) is 32.4 Å². The van der Waals surface area contributed by atoms with E-state index in [-0.39, 0.29) is 23.7 Å². The number of carbonyl (C=O) groups excluding carboxylic acids is 2. The highest BCUT2D eigenvalue weighted by Crippen LogP contribution is 2.15. The molecular weight excluding hydrogens is 292 g/mol. The van der Waals surface area contributed by atoms with Crippen molar-refractivity contribution in [2.24, 2.45) is 0 Å². The second-order valence-electron chi connectivity index (χ2n) is 5.95. The number of carbonyl (C=O) groups is 2. The molecule has 0 aliphatic carbocycles. The van der Waals surface area contributed by atoms with E-state index in [1.54, 1.807) is 28.6 Å². The van der Waals surface area contributed by atoms with Crippen molar-refractivity contribution in [3.63, 3.8) is 0 Å². The molecule has 0 atom stereocenters. The molecule has 0 aliphatic rings. The van der Waals surface area contributed by atoms with Crippen LogP contribution in [0.2, 0.25) is 0 Å². The van der Waals surface area contributed by atoms with Crippen LogP contribution in [0.1, 0.15) is 54.7 Å². The predicted octanol–water partition coefficient (Wildman–Crippen LogP) is 2.34. The van der Waals surface area contributed by atoms with E-state index in [1.807, 2.05) is 26.0 Å². The number of unbranched alkanes of at least 4 members (excludes halogenated alkanes) is 1. The molecule has 1 N–H and O–H groups in total. The summed E-state index contributed by atoms with van der Waals surface area (Å²) in [7, 11) is 1.76. The zero-order valence-electron chi connectivity index (χ0n) is 14.2.